The largest absolute Gasteiger partial charge is 0.354 e. The van der Waals surface area contributed by atoms with Gasteiger partial charge >= 0.3 is 0 Å². The van der Waals surface area contributed by atoms with Gasteiger partial charge in [-0.15, -0.1) is 11.8 Å². The van der Waals surface area contributed by atoms with Gasteiger partial charge in [0.2, 0.25) is 10.0 Å². The Morgan fingerprint density at radius 1 is 0.946 bits per heavy atom. The molecule has 3 aromatic carbocycles. The molecule has 0 bridgehead atoms. The van der Waals surface area contributed by atoms with Crippen LogP contribution in [0.15, 0.2) is 82.6 Å². The molecule has 0 saturated carbocycles. The standard InChI is InChI=1S/C28H28FN3O3S2/c29-22-12-8-20(9-13-22)26-27(24-6-2-3-7-25(24)31-26)36-19-16-30-28(33)21-10-14-23(15-11-21)37(34,35)32-17-4-1-5-18-32/h2-3,6-15,31H,1,4-5,16-19H2,(H,30,33). The van der Waals surface area contributed by atoms with E-state index in [2.05, 4.69) is 10.3 Å². The normalized spacial score (nSPS) is 14.6. The average molecular weight is 538 g/mol. The number of nitrogens with one attached hydrogen (secondary N) is 2. The lowest BCUT2D eigenvalue weighted by Gasteiger charge is -2.25. The maximum absolute atomic E-state index is 13.4. The fourth-order valence-corrected chi connectivity index (χ4v) is 7.11. The van der Waals surface area contributed by atoms with E-state index in [1.54, 1.807) is 36.0 Å². The predicted molar refractivity (Wildman–Crippen MR) is 146 cm³/mol. The second kappa shape index (κ2) is 11.1. The minimum Gasteiger partial charge on any atom is -0.354 e. The zero-order chi connectivity index (χ0) is 25.8. The number of para-hydroxylation sites is 1. The maximum Gasteiger partial charge on any atom is 0.251 e. The summed E-state index contributed by atoms with van der Waals surface area (Å²) in [5.41, 5.74) is 3.22. The summed E-state index contributed by atoms with van der Waals surface area (Å²) in [5, 5.41) is 3.99. The summed E-state index contributed by atoms with van der Waals surface area (Å²) in [6.07, 6.45) is 2.81. The van der Waals surface area contributed by atoms with Crippen LogP contribution in [0.5, 0.6) is 0 Å². The first-order valence-electron chi connectivity index (χ1n) is 12.3. The molecule has 5 rings (SSSR count). The molecule has 0 unspecified atom stereocenters. The molecular weight excluding hydrogens is 509 g/mol. The van der Waals surface area contributed by atoms with Crippen LogP contribution in [0.1, 0.15) is 29.6 Å². The van der Waals surface area contributed by atoms with Crippen LogP contribution >= 0.6 is 11.8 Å². The molecule has 2 N–H and O–H groups in total. The highest BCUT2D eigenvalue weighted by atomic mass is 32.2. The number of H-pyrrole nitrogens is 1. The van der Waals surface area contributed by atoms with Crippen molar-refractivity contribution in [2.24, 2.45) is 0 Å². The summed E-state index contributed by atoms with van der Waals surface area (Å²) >= 11 is 1.62. The molecule has 0 atom stereocenters. The highest BCUT2D eigenvalue weighted by Crippen LogP contribution is 2.37. The lowest BCUT2D eigenvalue weighted by Crippen LogP contribution is -2.35. The number of hydrogen-bond donors (Lipinski definition) is 2. The second-order valence-corrected chi connectivity index (χ2v) is 12.0. The molecule has 6 nitrogen and oxygen atoms in total. The Hall–Kier alpha value is -3.14. The number of carbonyl (C=O) groups excluding carboxylic acids is 1. The Morgan fingerprint density at radius 3 is 2.38 bits per heavy atom. The first-order chi connectivity index (χ1) is 17.9. The van der Waals surface area contributed by atoms with Crippen molar-refractivity contribution in [1.82, 2.24) is 14.6 Å². The number of sulfonamides is 1. The third-order valence-corrected chi connectivity index (χ3v) is 9.53. The van der Waals surface area contributed by atoms with Gasteiger partial charge in [0.15, 0.2) is 0 Å². The van der Waals surface area contributed by atoms with Gasteiger partial charge in [0.25, 0.3) is 5.91 Å². The number of rotatable bonds is 8. The number of thioether (sulfide) groups is 1. The molecule has 0 aliphatic carbocycles. The van der Waals surface area contributed by atoms with E-state index in [1.165, 1.54) is 28.6 Å². The lowest BCUT2D eigenvalue weighted by molar-refractivity contribution is 0.0956. The second-order valence-electron chi connectivity index (χ2n) is 8.98. The molecular formula is C28H28FN3O3S2. The molecule has 1 aromatic heterocycles. The van der Waals surface area contributed by atoms with Gasteiger partial charge in [0.1, 0.15) is 5.82 Å². The molecule has 1 saturated heterocycles. The fourth-order valence-electron chi connectivity index (χ4n) is 4.54. The summed E-state index contributed by atoms with van der Waals surface area (Å²) in [6.45, 7) is 1.52. The number of fused-ring (bicyclic) bond motifs is 1. The molecule has 9 heteroatoms. The zero-order valence-corrected chi connectivity index (χ0v) is 21.9. The molecule has 1 aliphatic rings. The first-order valence-corrected chi connectivity index (χ1v) is 14.7. The molecule has 0 radical (unpaired) electrons. The van der Waals surface area contributed by atoms with E-state index >= 15 is 0 Å². The van der Waals surface area contributed by atoms with Crippen molar-refractivity contribution in [3.05, 3.63) is 84.2 Å². The summed E-state index contributed by atoms with van der Waals surface area (Å²) in [5.74, 6) is 0.0949. The van der Waals surface area contributed by atoms with Gasteiger partial charge in [-0.1, -0.05) is 24.6 Å². The lowest BCUT2D eigenvalue weighted by atomic mass is 10.1. The van der Waals surface area contributed by atoms with Crippen LogP contribution in [0, 0.1) is 5.82 Å². The third kappa shape index (κ3) is 5.58. The maximum atomic E-state index is 13.4. The summed E-state index contributed by atoms with van der Waals surface area (Å²) in [4.78, 5) is 17.4. The van der Waals surface area contributed by atoms with E-state index in [0.29, 0.717) is 31.0 Å². The van der Waals surface area contributed by atoms with E-state index in [0.717, 1.165) is 46.3 Å². The van der Waals surface area contributed by atoms with Gasteiger partial charge in [-0.2, -0.15) is 4.31 Å². The zero-order valence-electron chi connectivity index (χ0n) is 20.2. The summed E-state index contributed by atoms with van der Waals surface area (Å²) in [6, 6.07) is 20.5. The van der Waals surface area contributed by atoms with Crippen LogP contribution < -0.4 is 5.32 Å². The van der Waals surface area contributed by atoms with Crippen LogP contribution in [-0.4, -0.2) is 49.0 Å². The van der Waals surface area contributed by atoms with E-state index in [-0.39, 0.29) is 16.6 Å². The SMILES string of the molecule is O=C(NCCSc1c(-c2ccc(F)cc2)[nH]c2ccccc12)c1ccc(S(=O)(=O)N2CCCCC2)cc1. The van der Waals surface area contributed by atoms with Crippen molar-refractivity contribution >= 4 is 38.6 Å². The van der Waals surface area contributed by atoms with Gasteiger partial charge in [-0.3, -0.25) is 4.79 Å². The fraction of sp³-hybridized carbons (Fsp3) is 0.250. The Balaban J connectivity index is 1.22. The molecule has 1 aliphatic heterocycles. The molecule has 37 heavy (non-hydrogen) atoms. The Labute approximate surface area is 220 Å². The molecule has 0 spiro atoms. The highest BCUT2D eigenvalue weighted by Gasteiger charge is 2.26. The van der Waals surface area contributed by atoms with Gasteiger partial charge in [0, 0.05) is 46.7 Å². The van der Waals surface area contributed by atoms with Crippen molar-refractivity contribution in [2.75, 3.05) is 25.4 Å². The van der Waals surface area contributed by atoms with Gasteiger partial charge < -0.3 is 10.3 Å². The number of nitrogens with zero attached hydrogens (tertiary/aromatic N) is 1. The molecule has 1 fully saturated rings. The van der Waals surface area contributed by atoms with Crippen molar-refractivity contribution in [2.45, 2.75) is 29.1 Å². The first kappa shape index (κ1) is 25.5. The van der Waals surface area contributed by atoms with E-state index in [1.807, 2.05) is 24.3 Å². The molecule has 192 valence electrons. The van der Waals surface area contributed by atoms with Crippen LogP contribution in [-0.2, 0) is 10.0 Å². The monoisotopic (exact) mass is 537 g/mol. The molecule has 1 amide bonds. The molecule has 4 aromatic rings. The minimum atomic E-state index is -3.52. The minimum absolute atomic E-state index is 0.217. The number of piperidine rings is 1. The van der Waals surface area contributed by atoms with E-state index in [9.17, 15) is 17.6 Å². The Kier molecular flexibility index (Phi) is 7.64. The summed E-state index contributed by atoms with van der Waals surface area (Å²) < 4.78 is 40.6. The van der Waals surface area contributed by atoms with Crippen LogP contribution in [0.3, 0.4) is 0 Å². The van der Waals surface area contributed by atoms with Crippen LogP contribution in [0.2, 0.25) is 0 Å². The number of aromatic amines is 1. The molecule has 2 heterocycles. The number of amides is 1. The number of benzene rings is 3. The number of hydrogen-bond acceptors (Lipinski definition) is 4. The number of carbonyl (C=O) groups is 1. The highest BCUT2D eigenvalue weighted by molar-refractivity contribution is 7.99. The van der Waals surface area contributed by atoms with Crippen molar-refractivity contribution in [1.29, 1.82) is 0 Å². The van der Waals surface area contributed by atoms with Crippen molar-refractivity contribution in [3.8, 4) is 11.3 Å². The Morgan fingerprint density at radius 2 is 1.65 bits per heavy atom. The Bertz CT molecular complexity index is 1490. The predicted octanol–water partition coefficient (Wildman–Crippen LogP) is 5.67. The van der Waals surface area contributed by atoms with Gasteiger partial charge in [0.05, 0.1) is 10.6 Å². The quantitative estimate of drug-likeness (QED) is 0.224. The summed E-state index contributed by atoms with van der Waals surface area (Å²) in [7, 11) is -3.52. The van der Waals surface area contributed by atoms with Gasteiger partial charge in [-0.25, -0.2) is 12.8 Å². The van der Waals surface area contributed by atoms with E-state index in [4.69, 9.17) is 0 Å². The van der Waals surface area contributed by atoms with Crippen molar-refractivity contribution in [3.63, 3.8) is 0 Å². The number of aromatic nitrogens is 1. The average Bonchev–Trinajstić information content (AvgIpc) is 3.30. The third-order valence-electron chi connectivity index (χ3n) is 6.49. The smallest absolute Gasteiger partial charge is 0.251 e. The van der Waals surface area contributed by atoms with E-state index < -0.39 is 10.0 Å². The van der Waals surface area contributed by atoms with Crippen LogP contribution in [0.4, 0.5) is 4.39 Å². The van der Waals surface area contributed by atoms with Crippen LogP contribution in [0.25, 0.3) is 22.2 Å². The van der Waals surface area contributed by atoms with Crippen molar-refractivity contribution < 1.29 is 17.6 Å². The van der Waals surface area contributed by atoms with Gasteiger partial charge in [-0.05, 0) is 73.0 Å². The topological polar surface area (TPSA) is 82.3 Å². The number of halogens is 1.